The highest BCUT2D eigenvalue weighted by Crippen LogP contribution is 2.33. The van der Waals surface area contributed by atoms with Gasteiger partial charge in [-0.05, 0) is 40.5 Å². The number of likely N-dealkylation sites (tertiary alicyclic amines) is 1. The van der Waals surface area contributed by atoms with Gasteiger partial charge in [0.05, 0.1) is 16.6 Å². The van der Waals surface area contributed by atoms with Crippen LogP contribution in [0.1, 0.15) is 55.1 Å². The van der Waals surface area contributed by atoms with E-state index >= 15 is 0 Å². The molecule has 4 nitrogen and oxygen atoms in total. The topological polar surface area (TPSA) is 42.4 Å². The summed E-state index contributed by atoms with van der Waals surface area (Å²) in [6, 6.07) is 0. The van der Waals surface area contributed by atoms with Crippen molar-refractivity contribution in [3.63, 3.8) is 0 Å². The lowest BCUT2D eigenvalue weighted by Gasteiger charge is -2.32. The molecule has 6 heteroatoms. The standard InChI is InChI=1S/C15H23ClN2O2S/c1-10-12(9-16)21-13(17-10)11-5-7-18(8-6-11)14(19)20-15(2,3)4/h11H,5-9H2,1-4H3. The molecule has 0 atom stereocenters. The zero-order valence-corrected chi connectivity index (χ0v) is 14.7. The summed E-state index contributed by atoms with van der Waals surface area (Å²) in [6.45, 7) is 9.15. The van der Waals surface area contributed by atoms with Crippen LogP contribution < -0.4 is 0 Å². The number of thiazole rings is 1. The second kappa shape index (κ2) is 6.53. The third kappa shape index (κ3) is 4.33. The van der Waals surface area contributed by atoms with E-state index in [0.717, 1.165) is 41.5 Å². The van der Waals surface area contributed by atoms with Gasteiger partial charge in [0.1, 0.15) is 5.60 Å². The van der Waals surface area contributed by atoms with E-state index in [0.29, 0.717) is 11.8 Å². The summed E-state index contributed by atoms with van der Waals surface area (Å²) in [4.78, 5) is 19.6. The van der Waals surface area contributed by atoms with Crippen molar-refractivity contribution in [1.29, 1.82) is 0 Å². The molecule has 1 aromatic heterocycles. The van der Waals surface area contributed by atoms with Crippen molar-refractivity contribution < 1.29 is 9.53 Å². The average molecular weight is 331 g/mol. The first-order chi connectivity index (χ1) is 9.80. The van der Waals surface area contributed by atoms with Crippen molar-refractivity contribution in [1.82, 2.24) is 9.88 Å². The molecule has 2 heterocycles. The molecule has 0 aliphatic carbocycles. The number of piperidine rings is 1. The van der Waals surface area contributed by atoms with E-state index in [9.17, 15) is 4.79 Å². The van der Waals surface area contributed by atoms with E-state index in [1.807, 2.05) is 27.7 Å². The maximum absolute atomic E-state index is 12.0. The minimum absolute atomic E-state index is 0.210. The van der Waals surface area contributed by atoms with E-state index in [1.165, 1.54) is 0 Å². The number of hydrogen-bond acceptors (Lipinski definition) is 4. The fourth-order valence-corrected chi connectivity index (χ4v) is 3.83. The zero-order valence-electron chi connectivity index (χ0n) is 13.1. The molecule has 118 valence electrons. The average Bonchev–Trinajstić information content (AvgIpc) is 2.78. The maximum atomic E-state index is 12.0. The summed E-state index contributed by atoms with van der Waals surface area (Å²) >= 11 is 7.62. The van der Waals surface area contributed by atoms with Crippen LogP contribution in [-0.2, 0) is 10.6 Å². The van der Waals surface area contributed by atoms with Crippen LogP contribution in [-0.4, -0.2) is 34.7 Å². The number of nitrogens with zero attached hydrogens (tertiary/aromatic N) is 2. The van der Waals surface area contributed by atoms with Crippen LogP contribution in [0.3, 0.4) is 0 Å². The fraction of sp³-hybridized carbons (Fsp3) is 0.733. The van der Waals surface area contributed by atoms with Gasteiger partial charge in [-0.2, -0.15) is 0 Å². The highest BCUT2D eigenvalue weighted by atomic mass is 35.5. The summed E-state index contributed by atoms with van der Waals surface area (Å²) in [5.41, 5.74) is 0.606. The predicted octanol–water partition coefficient (Wildman–Crippen LogP) is 4.30. The summed E-state index contributed by atoms with van der Waals surface area (Å²) in [6.07, 6.45) is 1.67. The second-order valence-corrected chi connectivity index (χ2v) is 7.82. The first-order valence-electron chi connectivity index (χ1n) is 7.30. The second-order valence-electron chi connectivity index (χ2n) is 6.44. The van der Waals surface area contributed by atoms with Gasteiger partial charge in [0.15, 0.2) is 0 Å². The maximum Gasteiger partial charge on any atom is 0.410 e. The number of rotatable bonds is 2. The molecule has 1 amide bonds. The van der Waals surface area contributed by atoms with E-state index in [2.05, 4.69) is 4.98 Å². The fourth-order valence-electron chi connectivity index (χ4n) is 2.38. The SMILES string of the molecule is Cc1nc(C2CCN(C(=O)OC(C)(C)C)CC2)sc1CCl. The number of ether oxygens (including phenoxy) is 1. The van der Waals surface area contributed by atoms with Crippen LogP contribution in [0.2, 0.25) is 0 Å². The summed E-state index contributed by atoms with van der Waals surface area (Å²) < 4.78 is 5.42. The van der Waals surface area contributed by atoms with Gasteiger partial charge < -0.3 is 9.64 Å². The summed E-state index contributed by atoms with van der Waals surface area (Å²) in [5, 5.41) is 1.16. The number of carbonyl (C=O) groups excluding carboxylic acids is 1. The highest BCUT2D eigenvalue weighted by molar-refractivity contribution is 7.12. The molecule has 2 rings (SSSR count). The van der Waals surface area contributed by atoms with Gasteiger partial charge in [-0.3, -0.25) is 0 Å². The molecule has 0 aromatic carbocycles. The molecule has 1 aromatic rings. The van der Waals surface area contributed by atoms with Crippen molar-refractivity contribution in [2.75, 3.05) is 13.1 Å². The third-order valence-electron chi connectivity index (χ3n) is 3.53. The number of hydrogen-bond donors (Lipinski definition) is 0. The molecule has 0 spiro atoms. The molecular weight excluding hydrogens is 308 g/mol. The quantitative estimate of drug-likeness (QED) is 0.759. The van der Waals surface area contributed by atoms with Gasteiger partial charge >= 0.3 is 6.09 Å². The lowest BCUT2D eigenvalue weighted by molar-refractivity contribution is 0.0205. The zero-order chi connectivity index (χ0) is 15.6. The predicted molar refractivity (Wildman–Crippen MR) is 86.2 cm³/mol. The number of aryl methyl sites for hydroxylation is 1. The van der Waals surface area contributed by atoms with Crippen LogP contribution in [0.4, 0.5) is 4.79 Å². The molecule has 0 bridgehead atoms. The Bertz CT molecular complexity index is 502. The molecule has 1 aliphatic heterocycles. The molecule has 0 N–H and O–H groups in total. The van der Waals surface area contributed by atoms with Crippen molar-refractivity contribution in [3.05, 3.63) is 15.6 Å². The van der Waals surface area contributed by atoms with Gasteiger partial charge in [-0.1, -0.05) is 0 Å². The van der Waals surface area contributed by atoms with E-state index in [1.54, 1.807) is 16.2 Å². The Hall–Kier alpha value is -0.810. The molecule has 1 saturated heterocycles. The van der Waals surface area contributed by atoms with Crippen LogP contribution in [0.15, 0.2) is 0 Å². The number of amides is 1. The minimum atomic E-state index is -0.435. The Labute approximate surface area is 135 Å². The van der Waals surface area contributed by atoms with Gasteiger partial charge in [0.25, 0.3) is 0 Å². The first-order valence-corrected chi connectivity index (χ1v) is 8.65. The van der Waals surface area contributed by atoms with E-state index in [4.69, 9.17) is 16.3 Å². The van der Waals surface area contributed by atoms with E-state index < -0.39 is 5.60 Å². The van der Waals surface area contributed by atoms with Crippen LogP contribution in [0, 0.1) is 6.92 Å². The molecule has 0 unspecified atom stereocenters. The Balaban J connectivity index is 1.92. The van der Waals surface area contributed by atoms with Crippen molar-refractivity contribution in [2.45, 2.75) is 57.9 Å². The lowest BCUT2D eigenvalue weighted by Crippen LogP contribution is -2.41. The number of aromatic nitrogens is 1. The first kappa shape index (κ1) is 16.6. The van der Waals surface area contributed by atoms with Gasteiger partial charge in [0, 0.05) is 23.9 Å². The molecular formula is C15H23ClN2O2S. The van der Waals surface area contributed by atoms with Crippen molar-refractivity contribution >= 4 is 29.0 Å². The Morgan fingerprint density at radius 1 is 1.43 bits per heavy atom. The lowest BCUT2D eigenvalue weighted by atomic mass is 9.98. The molecule has 0 radical (unpaired) electrons. The van der Waals surface area contributed by atoms with E-state index in [-0.39, 0.29) is 6.09 Å². The molecule has 1 fully saturated rings. The van der Waals surface area contributed by atoms with Crippen molar-refractivity contribution in [3.8, 4) is 0 Å². The van der Waals surface area contributed by atoms with Gasteiger partial charge in [-0.15, -0.1) is 22.9 Å². The smallest absolute Gasteiger partial charge is 0.410 e. The van der Waals surface area contributed by atoms with Gasteiger partial charge in [0.2, 0.25) is 0 Å². The van der Waals surface area contributed by atoms with Crippen LogP contribution >= 0.6 is 22.9 Å². The Morgan fingerprint density at radius 2 is 2.05 bits per heavy atom. The normalized spacial score (nSPS) is 17.1. The Morgan fingerprint density at radius 3 is 2.52 bits per heavy atom. The monoisotopic (exact) mass is 330 g/mol. The van der Waals surface area contributed by atoms with Crippen LogP contribution in [0.25, 0.3) is 0 Å². The summed E-state index contributed by atoms with van der Waals surface area (Å²) in [5.74, 6) is 0.963. The number of carbonyl (C=O) groups is 1. The third-order valence-corrected chi connectivity index (χ3v) is 5.27. The molecule has 0 saturated carbocycles. The minimum Gasteiger partial charge on any atom is -0.444 e. The van der Waals surface area contributed by atoms with Crippen molar-refractivity contribution in [2.24, 2.45) is 0 Å². The Kier molecular flexibility index (Phi) is 5.15. The number of alkyl halides is 1. The largest absolute Gasteiger partial charge is 0.444 e. The summed E-state index contributed by atoms with van der Waals surface area (Å²) in [7, 11) is 0. The highest BCUT2D eigenvalue weighted by Gasteiger charge is 2.29. The van der Waals surface area contributed by atoms with Gasteiger partial charge in [-0.25, -0.2) is 9.78 Å². The van der Waals surface area contributed by atoms with Crippen LogP contribution in [0.5, 0.6) is 0 Å². The molecule has 1 aliphatic rings. The number of halogens is 1. The molecule has 21 heavy (non-hydrogen) atoms.